The van der Waals surface area contributed by atoms with Crippen LogP contribution in [0.5, 0.6) is 5.75 Å². The number of amides is 2. The largest absolute Gasteiger partial charge is 0.484 e. The fourth-order valence-electron chi connectivity index (χ4n) is 4.02. The molecule has 34 heavy (non-hydrogen) atoms. The molecule has 1 fully saturated rings. The summed E-state index contributed by atoms with van der Waals surface area (Å²) in [5.41, 5.74) is 2.26. The molecule has 6 heteroatoms. The molecular formula is C28H28N2O4. The van der Waals surface area contributed by atoms with E-state index in [-0.39, 0.29) is 30.1 Å². The van der Waals surface area contributed by atoms with Gasteiger partial charge in [-0.05, 0) is 42.7 Å². The number of likely N-dealkylation sites (tertiary alicyclic amines) is 1. The Hall–Kier alpha value is -3.93. The summed E-state index contributed by atoms with van der Waals surface area (Å²) in [7, 11) is 0. The third-order valence-electron chi connectivity index (χ3n) is 6.04. The van der Waals surface area contributed by atoms with Gasteiger partial charge in [0, 0.05) is 36.7 Å². The lowest BCUT2D eigenvalue weighted by Gasteiger charge is -2.31. The van der Waals surface area contributed by atoms with Crippen LogP contribution < -0.4 is 10.1 Å². The Kier molecular flexibility index (Phi) is 7.71. The van der Waals surface area contributed by atoms with E-state index in [4.69, 9.17) is 4.74 Å². The topological polar surface area (TPSA) is 75.7 Å². The molecule has 1 N–H and O–H groups in total. The Balaban J connectivity index is 1.20. The molecule has 1 aliphatic rings. The lowest BCUT2D eigenvalue weighted by Crippen LogP contribution is -2.44. The summed E-state index contributed by atoms with van der Waals surface area (Å²) in [5, 5.41) is 2.99. The zero-order valence-corrected chi connectivity index (χ0v) is 19.0. The monoisotopic (exact) mass is 456 g/mol. The van der Waals surface area contributed by atoms with Gasteiger partial charge >= 0.3 is 0 Å². The van der Waals surface area contributed by atoms with Gasteiger partial charge in [-0.2, -0.15) is 0 Å². The fraction of sp³-hybridized carbons (Fsp3) is 0.250. The Morgan fingerprint density at radius 3 is 2.03 bits per heavy atom. The van der Waals surface area contributed by atoms with Crippen molar-refractivity contribution in [2.75, 3.05) is 19.7 Å². The van der Waals surface area contributed by atoms with Gasteiger partial charge in [-0.3, -0.25) is 14.4 Å². The first kappa shape index (κ1) is 23.2. The molecule has 0 radical (unpaired) electrons. The predicted molar refractivity (Wildman–Crippen MR) is 129 cm³/mol. The predicted octanol–water partition coefficient (Wildman–Crippen LogP) is 3.85. The van der Waals surface area contributed by atoms with Crippen LogP contribution in [0.2, 0.25) is 0 Å². The van der Waals surface area contributed by atoms with Crippen molar-refractivity contribution in [1.82, 2.24) is 10.2 Å². The Labute approximate surface area is 199 Å². The van der Waals surface area contributed by atoms with Gasteiger partial charge in [-0.1, -0.05) is 60.7 Å². The molecule has 6 nitrogen and oxygen atoms in total. The van der Waals surface area contributed by atoms with Gasteiger partial charge in [-0.25, -0.2) is 0 Å². The number of ether oxygens (including phenoxy) is 1. The summed E-state index contributed by atoms with van der Waals surface area (Å²) in [4.78, 5) is 39.3. The second kappa shape index (κ2) is 11.3. The average molecular weight is 457 g/mol. The van der Waals surface area contributed by atoms with Crippen molar-refractivity contribution in [3.05, 3.63) is 102 Å². The van der Waals surface area contributed by atoms with Crippen LogP contribution in [-0.4, -0.2) is 42.2 Å². The van der Waals surface area contributed by atoms with Crippen molar-refractivity contribution < 1.29 is 19.1 Å². The van der Waals surface area contributed by atoms with Gasteiger partial charge in [0.05, 0.1) is 0 Å². The SMILES string of the molecule is O=C(c1ccccc1)c1ccc(OCC(=O)N2CCC(C(=O)NCc3ccccc3)CC2)cc1. The van der Waals surface area contributed by atoms with Crippen LogP contribution >= 0.6 is 0 Å². The molecule has 0 unspecified atom stereocenters. The van der Waals surface area contributed by atoms with Crippen LogP contribution in [0.15, 0.2) is 84.9 Å². The van der Waals surface area contributed by atoms with E-state index in [9.17, 15) is 14.4 Å². The van der Waals surface area contributed by atoms with E-state index in [0.29, 0.717) is 49.4 Å². The molecule has 0 spiro atoms. The summed E-state index contributed by atoms with van der Waals surface area (Å²) in [5.74, 6) is 0.334. The molecular weight excluding hydrogens is 428 g/mol. The van der Waals surface area contributed by atoms with Gasteiger partial charge in [0.1, 0.15) is 5.75 Å². The van der Waals surface area contributed by atoms with Gasteiger partial charge in [0.25, 0.3) is 5.91 Å². The van der Waals surface area contributed by atoms with Crippen LogP contribution in [0.25, 0.3) is 0 Å². The zero-order valence-electron chi connectivity index (χ0n) is 19.0. The smallest absolute Gasteiger partial charge is 0.260 e. The van der Waals surface area contributed by atoms with Crippen molar-refractivity contribution in [3.8, 4) is 5.75 Å². The molecule has 3 aromatic carbocycles. The Bertz CT molecular complexity index is 1110. The molecule has 0 atom stereocenters. The number of rotatable bonds is 8. The van der Waals surface area contributed by atoms with E-state index < -0.39 is 0 Å². The summed E-state index contributed by atoms with van der Waals surface area (Å²) >= 11 is 0. The highest BCUT2D eigenvalue weighted by Crippen LogP contribution is 2.19. The summed E-state index contributed by atoms with van der Waals surface area (Å²) in [6.07, 6.45) is 1.28. The number of nitrogens with one attached hydrogen (secondary N) is 1. The third kappa shape index (κ3) is 6.10. The van der Waals surface area contributed by atoms with Crippen molar-refractivity contribution in [2.45, 2.75) is 19.4 Å². The van der Waals surface area contributed by atoms with Gasteiger partial charge in [0.15, 0.2) is 12.4 Å². The number of ketones is 1. The summed E-state index contributed by atoms with van der Waals surface area (Å²) in [6.45, 7) is 1.52. The molecule has 0 bridgehead atoms. The van der Waals surface area contributed by atoms with E-state index in [0.717, 1.165) is 5.56 Å². The molecule has 174 valence electrons. The molecule has 1 saturated heterocycles. The summed E-state index contributed by atoms with van der Waals surface area (Å²) < 4.78 is 5.64. The normalized spacial score (nSPS) is 13.8. The summed E-state index contributed by atoms with van der Waals surface area (Å²) in [6, 6.07) is 25.7. The first-order valence-corrected chi connectivity index (χ1v) is 11.5. The van der Waals surface area contributed by atoms with Gasteiger partial charge < -0.3 is 15.0 Å². The van der Waals surface area contributed by atoms with Gasteiger partial charge in [-0.15, -0.1) is 0 Å². The maximum Gasteiger partial charge on any atom is 0.260 e. The van der Waals surface area contributed by atoms with E-state index in [1.807, 2.05) is 48.5 Å². The highest BCUT2D eigenvalue weighted by molar-refractivity contribution is 6.09. The Morgan fingerprint density at radius 2 is 1.38 bits per heavy atom. The number of benzene rings is 3. The quantitative estimate of drug-likeness (QED) is 0.523. The molecule has 1 aliphatic heterocycles. The molecule has 0 aliphatic carbocycles. The first-order valence-electron chi connectivity index (χ1n) is 11.5. The molecule has 4 rings (SSSR count). The number of carbonyl (C=O) groups is 3. The van der Waals surface area contributed by atoms with E-state index in [2.05, 4.69) is 5.32 Å². The lowest BCUT2D eigenvalue weighted by molar-refractivity contribution is -0.137. The van der Waals surface area contributed by atoms with E-state index in [1.165, 1.54) is 0 Å². The Morgan fingerprint density at radius 1 is 0.794 bits per heavy atom. The average Bonchev–Trinajstić information content (AvgIpc) is 2.91. The van der Waals surface area contributed by atoms with Gasteiger partial charge in [0.2, 0.25) is 5.91 Å². The molecule has 2 amide bonds. The van der Waals surface area contributed by atoms with Crippen molar-refractivity contribution in [1.29, 1.82) is 0 Å². The molecule has 0 aromatic heterocycles. The second-order valence-electron chi connectivity index (χ2n) is 8.37. The van der Waals surface area contributed by atoms with Crippen molar-refractivity contribution in [2.24, 2.45) is 5.92 Å². The maximum atomic E-state index is 12.6. The highest BCUT2D eigenvalue weighted by Gasteiger charge is 2.27. The number of hydrogen-bond acceptors (Lipinski definition) is 4. The molecule has 1 heterocycles. The van der Waals surface area contributed by atoms with Crippen LogP contribution in [0, 0.1) is 5.92 Å². The fourth-order valence-corrected chi connectivity index (χ4v) is 4.02. The molecule has 0 saturated carbocycles. The minimum atomic E-state index is -0.104. The lowest BCUT2D eigenvalue weighted by atomic mass is 9.96. The number of piperidine rings is 1. The third-order valence-corrected chi connectivity index (χ3v) is 6.04. The standard InChI is InChI=1S/C28H28N2O4/c31-26(20-34-25-13-11-23(12-14-25)27(32)22-9-5-2-6-10-22)30-17-15-24(16-18-30)28(33)29-19-21-7-3-1-4-8-21/h1-14,24H,15-20H2,(H,29,33). The first-order chi connectivity index (χ1) is 16.6. The van der Waals surface area contributed by atoms with Crippen LogP contribution in [-0.2, 0) is 16.1 Å². The van der Waals surface area contributed by atoms with Crippen LogP contribution in [0.4, 0.5) is 0 Å². The maximum absolute atomic E-state index is 12.6. The van der Waals surface area contributed by atoms with E-state index >= 15 is 0 Å². The van der Waals surface area contributed by atoms with Crippen LogP contribution in [0.1, 0.15) is 34.3 Å². The number of hydrogen-bond donors (Lipinski definition) is 1. The minimum Gasteiger partial charge on any atom is -0.484 e. The van der Waals surface area contributed by atoms with Crippen molar-refractivity contribution in [3.63, 3.8) is 0 Å². The minimum absolute atomic E-state index is 0.0392. The number of nitrogens with zero attached hydrogens (tertiary/aromatic N) is 1. The van der Waals surface area contributed by atoms with Crippen LogP contribution in [0.3, 0.4) is 0 Å². The van der Waals surface area contributed by atoms with Crippen molar-refractivity contribution >= 4 is 17.6 Å². The molecule has 3 aromatic rings. The highest BCUT2D eigenvalue weighted by atomic mass is 16.5. The van der Waals surface area contributed by atoms with E-state index in [1.54, 1.807) is 41.3 Å². The second-order valence-corrected chi connectivity index (χ2v) is 8.37. The zero-order chi connectivity index (χ0) is 23.8. The number of carbonyl (C=O) groups excluding carboxylic acids is 3.